The number of carbonyl (C=O) groups excluding carboxylic acids is 2. The minimum atomic E-state index is -0.854. The minimum absolute atomic E-state index is 0.0146. The first-order valence-corrected chi connectivity index (χ1v) is 30.6. The molecular weight excluding hydrogens is 839 g/mol. The number of rotatable bonds is 57. The zero-order valence-corrected chi connectivity index (χ0v) is 45.9. The van der Waals surface area contributed by atoms with Crippen molar-refractivity contribution >= 4 is 11.9 Å². The molecule has 2 unspecified atom stereocenters. The van der Waals surface area contributed by atoms with Crippen LogP contribution in [0.1, 0.15) is 335 Å². The van der Waals surface area contributed by atoms with Gasteiger partial charge in [0.25, 0.3) is 0 Å². The SMILES string of the molecule is CCCCCCC/C=C\CCCCCCCC(=O)OCCCCCCCCCCCCCCCC(=O)NC(CO)C(O)/C=C/CCCCCCCCCCCCCCCCCCCCCCCC. The second-order valence-corrected chi connectivity index (χ2v) is 21.0. The average Bonchev–Trinajstić information content (AvgIpc) is 3.34. The van der Waals surface area contributed by atoms with Crippen molar-refractivity contribution in [1.82, 2.24) is 5.32 Å². The van der Waals surface area contributed by atoms with Gasteiger partial charge in [0.1, 0.15) is 0 Å². The van der Waals surface area contributed by atoms with Crippen LogP contribution in [-0.2, 0) is 14.3 Å². The number of nitrogens with one attached hydrogen (secondary N) is 1. The van der Waals surface area contributed by atoms with Crippen molar-refractivity contribution in [3.8, 4) is 0 Å². The summed E-state index contributed by atoms with van der Waals surface area (Å²) in [5.74, 6) is -0.0924. The molecule has 0 radical (unpaired) electrons. The Morgan fingerprint density at radius 1 is 0.397 bits per heavy atom. The van der Waals surface area contributed by atoms with E-state index >= 15 is 0 Å². The van der Waals surface area contributed by atoms with Crippen molar-refractivity contribution in [3.63, 3.8) is 0 Å². The fourth-order valence-electron chi connectivity index (χ4n) is 9.51. The molecular formula is C62H119NO5. The molecule has 0 aliphatic carbocycles. The molecule has 0 aromatic rings. The zero-order valence-electron chi connectivity index (χ0n) is 45.9. The largest absolute Gasteiger partial charge is 0.466 e. The van der Waals surface area contributed by atoms with Gasteiger partial charge in [-0.05, 0) is 57.8 Å². The van der Waals surface area contributed by atoms with E-state index in [1.165, 1.54) is 250 Å². The molecule has 6 heteroatoms. The minimum Gasteiger partial charge on any atom is -0.466 e. The van der Waals surface area contributed by atoms with Gasteiger partial charge in [0, 0.05) is 12.8 Å². The Morgan fingerprint density at radius 3 is 1.04 bits per heavy atom. The number of esters is 1. The van der Waals surface area contributed by atoms with E-state index < -0.39 is 12.1 Å². The number of aliphatic hydroxyl groups is 2. The summed E-state index contributed by atoms with van der Waals surface area (Å²) in [4.78, 5) is 24.5. The van der Waals surface area contributed by atoms with Crippen molar-refractivity contribution < 1.29 is 24.5 Å². The fourth-order valence-corrected chi connectivity index (χ4v) is 9.51. The van der Waals surface area contributed by atoms with E-state index in [4.69, 9.17) is 4.74 Å². The number of hydrogen-bond donors (Lipinski definition) is 3. The lowest BCUT2D eigenvalue weighted by Crippen LogP contribution is -2.45. The first kappa shape index (κ1) is 66.3. The Kier molecular flexibility index (Phi) is 56.5. The number of allylic oxidation sites excluding steroid dienone is 3. The molecule has 6 nitrogen and oxygen atoms in total. The van der Waals surface area contributed by atoms with E-state index in [9.17, 15) is 19.8 Å². The van der Waals surface area contributed by atoms with Crippen molar-refractivity contribution in [2.24, 2.45) is 0 Å². The van der Waals surface area contributed by atoms with E-state index in [-0.39, 0.29) is 18.5 Å². The third kappa shape index (κ3) is 53.7. The van der Waals surface area contributed by atoms with E-state index in [1.54, 1.807) is 6.08 Å². The highest BCUT2D eigenvalue weighted by molar-refractivity contribution is 5.76. The summed E-state index contributed by atoms with van der Waals surface area (Å²) < 4.78 is 5.47. The second kappa shape index (κ2) is 57.9. The quantitative estimate of drug-likeness (QED) is 0.0321. The van der Waals surface area contributed by atoms with Crippen LogP contribution >= 0.6 is 0 Å². The van der Waals surface area contributed by atoms with Gasteiger partial charge in [0.15, 0.2) is 0 Å². The fraction of sp³-hybridized carbons (Fsp3) is 0.903. The van der Waals surface area contributed by atoms with Gasteiger partial charge >= 0.3 is 5.97 Å². The molecule has 0 rings (SSSR count). The molecule has 3 N–H and O–H groups in total. The number of aliphatic hydroxyl groups excluding tert-OH is 2. The van der Waals surface area contributed by atoms with Crippen LogP contribution in [0.4, 0.5) is 0 Å². The molecule has 0 saturated heterocycles. The molecule has 402 valence electrons. The lowest BCUT2D eigenvalue weighted by molar-refractivity contribution is -0.143. The molecule has 68 heavy (non-hydrogen) atoms. The molecule has 0 fully saturated rings. The number of ether oxygens (including phenoxy) is 1. The molecule has 0 spiro atoms. The van der Waals surface area contributed by atoms with Crippen LogP contribution in [-0.4, -0.2) is 47.4 Å². The summed E-state index contributed by atoms with van der Waals surface area (Å²) in [7, 11) is 0. The lowest BCUT2D eigenvalue weighted by atomic mass is 10.0. The highest BCUT2D eigenvalue weighted by Crippen LogP contribution is 2.17. The van der Waals surface area contributed by atoms with Crippen LogP contribution in [0.25, 0.3) is 0 Å². The van der Waals surface area contributed by atoms with E-state index in [2.05, 4.69) is 31.3 Å². The van der Waals surface area contributed by atoms with Gasteiger partial charge < -0.3 is 20.3 Å². The van der Waals surface area contributed by atoms with Gasteiger partial charge in [-0.15, -0.1) is 0 Å². The van der Waals surface area contributed by atoms with Crippen LogP contribution in [0.2, 0.25) is 0 Å². The molecule has 0 bridgehead atoms. The Morgan fingerprint density at radius 2 is 0.691 bits per heavy atom. The van der Waals surface area contributed by atoms with Crippen LogP contribution in [0.5, 0.6) is 0 Å². The Bertz CT molecular complexity index is 1060. The van der Waals surface area contributed by atoms with Gasteiger partial charge in [-0.2, -0.15) is 0 Å². The summed E-state index contributed by atoms with van der Waals surface area (Å²) in [6, 6.07) is -0.639. The predicted octanol–water partition coefficient (Wildman–Crippen LogP) is 19.0. The molecule has 0 aliphatic heterocycles. The monoisotopic (exact) mass is 958 g/mol. The maximum atomic E-state index is 12.5. The summed E-state index contributed by atoms with van der Waals surface area (Å²) in [6.07, 6.45) is 70.6. The molecule has 0 saturated carbocycles. The first-order valence-electron chi connectivity index (χ1n) is 30.6. The highest BCUT2D eigenvalue weighted by atomic mass is 16.5. The number of unbranched alkanes of at least 4 members (excludes halogenated alkanes) is 44. The molecule has 0 aromatic carbocycles. The summed E-state index contributed by atoms with van der Waals surface area (Å²) in [5, 5.41) is 23.2. The zero-order chi connectivity index (χ0) is 49.3. The predicted molar refractivity (Wildman–Crippen MR) is 296 cm³/mol. The van der Waals surface area contributed by atoms with Crippen molar-refractivity contribution in [2.75, 3.05) is 13.2 Å². The maximum absolute atomic E-state index is 12.5. The number of amides is 1. The van der Waals surface area contributed by atoms with Crippen molar-refractivity contribution in [1.29, 1.82) is 0 Å². The van der Waals surface area contributed by atoms with Crippen LogP contribution < -0.4 is 5.32 Å². The normalized spacial score (nSPS) is 12.7. The molecule has 0 heterocycles. The van der Waals surface area contributed by atoms with Crippen molar-refractivity contribution in [3.05, 3.63) is 24.3 Å². The van der Waals surface area contributed by atoms with Crippen LogP contribution in [0, 0.1) is 0 Å². The lowest BCUT2D eigenvalue weighted by Gasteiger charge is -2.20. The summed E-state index contributed by atoms with van der Waals surface area (Å²) in [6.45, 7) is 4.89. The van der Waals surface area contributed by atoms with Gasteiger partial charge in [-0.3, -0.25) is 9.59 Å². The summed E-state index contributed by atoms with van der Waals surface area (Å²) in [5.41, 5.74) is 0. The highest BCUT2D eigenvalue weighted by Gasteiger charge is 2.18. The van der Waals surface area contributed by atoms with Gasteiger partial charge in [0.2, 0.25) is 5.91 Å². The Hall–Kier alpha value is -1.66. The molecule has 0 aliphatic rings. The van der Waals surface area contributed by atoms with E-state index in [1.807, 2.05) is 6.08 Å². The number of carbonyl (C=O) groups is 2. The van der Waals surface area contributed by atoms with Gasteiger partial charge in [-0.1, -0.05) is 289 Å². The van der Waals surface area contributed by atoms with Crippen LogP contribution in [0.15, 0.2) is 24.3 Å². The Balaban J connectivity index is 3.48. The molecule has 1 amide bonds. The smallest absolute Gasteiger partial charge is 0.305 e. The third-order valence-corrected chi connectivity index (χ3v) is 14.2. The Labute approximate surface area is 424 Å². The third-order valence-electron chi connectivity index (χ3n) is 14.2. The first-order chi connectivity index (χ1) is 33.5. The van der Waals surface area contributed by atoms with E-state index in [0.717, 1.165) is 57.8 Å². The van der Waals surface area contributed by atoms with Gasteiger partial charge in [0.05, 0.1) is 25.4 Å². The van der Waals surface area contributed by atoms with E-state index in [0.29, 0.717) is 19.4 Å². The molecule has 0 aromatic heterocycles. The van der Waals surface area contributed by atoms with Gasteiger partial charge in [-0.25, -0.2) is 0 Å². The van der Waals surface area contributed by atoms with Crippen molar-refractivity contribution in [2.45, 2.75) is 347 Å². The molecule has 2 atom stereocenters. The van der Waals surface area contributed by atoms with Crippen LogP contribution in [0.3, 0.4) is 0 Å². The summed E-state index contributed by atoms with van der Waals surface area (Å²) >= 11 is 0. The average molecular weight is 959 g/mol. The number of hydrogen-bond acceptors (Lipinski definition) is 5. The topological polar surface area (TPSA) is 95.9 Å². The second-order valence-electron chi connectivity index (χ2n) is 21.0. The maximum Gasteiger partial charge on any atom is 0.305 e. The standard InChI is InChI=1S/C62H119NO5/c1-3-5-7-9-11-13-15-17-19-20-21-22-23-24-25-26-27-28-30-34-38-42-46-50-54-60(65)59(58-64)63-61(66)55-51-47-43-39-35-31-29-33-37-41-45-49-53-57-68-62(67)56-52-48-44-40-36-32-18-16-14-12-10-8-6-4-2/h16,18,50,54,59-60,64-65H,3-15,17,19-49,51-53,55-58H2,1-2H3,(H,63,66)/b18-16-,54-50+.